The highest BCUT2D eigenvalue weighted by Gasteiger charge is 2.37. The molecule has 1 rings (SSSR count). The van der Waals surface area contributed by atoms with Crippen molar-refractivity contribution in [2.24, 2.45) is 0 Å². The zero-order chi connectivity index (χ0) is 15.3. The number of nitrogens with two attached hydrogens (primary N) is 1. The molecule has 3 N–H and O–H groups in total. The van der Waals surface area contributed by atoms with Gasteiger partial charge < -0.3 is 15.6 Å². The Bertz CT molecular complexity index is 498. The monoisotopic (exact) mass is 280 g/mol. The number of nitrogens with zero attached hydrogens (tertiary/aromatic N) is 1. The number of rotatable bonds is 6. The zero-order valence-corrected chi connectivity index (χ0v) is 11.9. The fraction of sp³-hybridized carbons (Fsp3) is 0.429. The first-order chi connectivity index (χ1) is 9.35. The molecule has 1 unspecified atom stereocenters. The fourth-order valence-corrected chi connectivity index (χ4v) is 1.80. The molecule has 1 aromatic rings. The van der Waals surface area contributed by atoms with Crippen molar-refractivity contribution in [1.82, 2.24) is 0 Å². The summed E-state index contributed by atoms with van der Waals surface area (Å²) in [6.07, 6.45) is 0.422. The summed E-state index contributed by atoms with van der Waals surface area (Å²) in [5.74, 6) is -1.54. The summed E-state index contributed by atoms with van der Waals surface area (Å²) in [7, 11) is 1.43. The molecule has 0 aliphatic heterocycles. The number of carboxylic acid groups (broad SMARTS) is 1. The Kier molecular flexibility index (Phi) is 5.10. The van der Waals surface area contributed by atoms with Gasteiger partial charge in [-0.05, 0) is 25.5 Å². The maximum atomic E-state index is 12.6. The minimum Gasteiger partial charge on any atom is -0.480 e. The average Bonchev–Trinajstić information content (AvgIpc) is 2.43. The second kappa shape index (κ2) is 6.38. The van der Waals surface area contributed by atoms with Gasteiger partial charge in [-0.15, -0.1) is 0 Å². The first-order valence-corrected chi connectivity index (χ1v) is 6.29. The Labute approximate surface area is 118 Å². The number of carbonyl (C=O) groups is 2. The summed E-state index contributed by atoms with van der Waals surface area (Å²) >= 11 is 0. The van der Waals surface area contributed by atoms with E-state index in [2.05, 4.69) is 0 Å². The van der Waals surface area contributed by atoms with Crippen molar-refractivity contribution in [3.63, 3.8) is 0 Å². The summed E-state index contributed by atoms with van der Waals surface area (Å²) in [6.45, 7) is 2.96. The number of ether oxygens (including phenoxy) is 1. The van der Waals surface area contributed by atoms with E-state index < -0.39 is 24.0 Å². The molecule has 110 valence electrons. The molecule has 6 nitrogen and oxygen atoms in total. The molecule has 0 bridgehead atoms. The Morgan fingerprint density at radius 2 is 2.00 bits per heavy atom. The highest BCUT2D eigenvalue weighted by molar-refractivity contribution is 6.04. The van der Waals surface area contributed by atoms with E-state index in [1.807, 2.05) is 0 Å². The number of carbonyl (C=O) groups excluding carboxylic acids is 1. The molecule has 0 saturated carbocycles. The lowest BCUT2D eigenvalue weighted by Crippen LogP contribution is -2.50. The molecule has 1 amide bonds. The van der Waals surface area contributed by atoms with Crippen LogP contribution in [0.25, 0.3) is 0 Å². The zero-order valence-electron chi connectivity index (χ0n) is 11.9. The number of carboxylic acids is 1. The number of methoxy groups -OCH3 is 1. The lowest BCUT2D eigenvalue weighted by Gasteiger charge is -2.32. The molecule has 0 fully saturated rings. The largest absolute Gasteiger partial charge is 0.480 e. The standard InChI is InChI=1S/C14H20N2O4/c1-4-14(2,20-3)13(19)16(9-12(17)18)11-8-6-5-7-10(11)15/h5-8H,4,9,15H2,1-3H3,(H,17,18). The minimum absolute atomic E-state index is 0.344. The third kappa shape index (κ3) is 3.27. The molecule has 0 saturated heterocycles. The van der Waals surface area contributed by atoms with Crippen molar-refractivity contribution in [2.75, 3.05) is 24.3 Å². The van der Waals surface area contributed by atoms with Gasteiger partial charge in [0.25, 0.3) is 5.91 Å². The summed E-state index contributed by atoms with van der Waals surface area (Å²) in [5.41, 5.74) is 5.46. The number of anilines is 2. The van der Waals surface area contributed by atoms with Crippen molar-refractivity contribution in [2.45, 2.75) is 25.9 Å². The van der Waals surface area contributed by atoms with Gasteiger partial charge in [0, 0.05) is 7.11 Å². The lowest BCUT2D eigenvalue weighted by atomic mass is 10.0. The third-order valence-electron chi connectivity index (χ3n) is 3.34. The van der Waals surface area contributed by atoms with Crippen LogP contribution in [-0.4, -0.2) is 36.2 Å². The number of nitrogen functional groups attached to an aromatic ring is 1. The highest BCUT2D eigenvalue weighted by atomic mass is 16.5. The number of hydrogen-bond acceptors (Lipinski definition) is 4. The number of amides is 1. The predicted octanol–water partition coefficient (Wildman–Crippen LogP) is 1.50. The first-order valence-electron chi connectivity index (χ1n) is 6.29. The van der Waals surface area contributed by atoms with E-state index in [4.69, 9.17) is 15.6 Å². The number of para-hydroxylation sites is 2. The van der Waals surface area contributed by atoms with Gasteiger partial charge in [0.2, 0.25) is 0 Å². The van der Waals surface area contributed by atoms with Gasteiger partial charge in [-0.2, -0.15) is 0 Å². The molecule has 20 heavy (non-hydrogen) atoms. The Balaban J connectivity index is 3.23. The minimum atomic E-state index is -1.11. The van der Waals surface area contributed by atoms with E-state index >= 15 is 0 Å². The van der Waals surface area contributed by atoms with E-state index in [0.717, 1.165) is 4.90 Å². The molecule has 0 heterocycles. The smallest absolute Gasteiger partial charge is 0.323 e. The van der Waals surface area contributed by atoms with Crippen LogP contribution in [0.3, 0.4) is 0 Å². The molecule has 1 aromatic carbocycles. The number of hydrogen-bond donors (Lipinski definition) is 2. The van der Waals surface area contributed by atoms with Gasteiger partial charge in [0.1, 0.15) is 12.1 Å². The fourth-order valence-electron chi connectivity index (χ4n) is 1.80. The van der Waals surface area contributed by atoms with Crippen molar-refractivity contribution in [3.8, 4) is 0 Å². The van der Waals surface area contributed by atoms with Crippen LogP contribution in [0.2, 0.25) is 0 Å². The Morgan fingerprint density at radius 3 is 2.45 bits per heavy atom. The van der Waals surface area contributed by atoms with Crippen molar-refractivity contribution in [1.29, 1.82) is 0 Å². The molecule has 6 heteroatoms. The molecule has 0 spiro atoms. The van der Waals surface area contributed by atoms with Gasteiger partial charge in [0.05, 0.1) is 11.4 Å². The van der Waals surface area contributed by atoms with Crippen LogP contribution in [0.4, 0.5) is 11.4 Å². The van der Waals surface area contributed by atoms with Gasteiger partial charge in [0.15, 0.2) is 0 Å². The molecular formula is C14H20N2O4. The lowest BCUT2D eigenvalue weighted by molar-refractivity contribution is -0.142. The summed E-state index contributed by atoms with van der Waals surface area (Å²) in [5, 5.41) is 9.02. The number of aliphatic carboxylic acids is 1. The van der Waals surface area contributed by atoms with Crippen LogP contribution >= 0.6 is 0 Å². The highest BCUT2D eigenvalue weighted by Crippen LogP contribution is 2.27. The molecule has 1 atom stereocenters. The van der Waals surface area contributed by atoms with Crippen molar-refractivity contribution >= 4 is 23.3 Å². The quantitative estimate of drug-likeness (QED) is 0.770. The van der Waals surface area contributed by atoms with Crippen LogP contribution in [0, 0.1) is 0 Å². The number of benzene rings is 1. The van der Waals surface area contributed by atoms with Crippen LogP contribution in [-0.2, 0) is 14.3 Å². The maximum Gasteiger partial charge on any atom is 0.323 e. The second-order valence-corrected chi connectivity index (χ2v) is 4.63. The first kappa shape index (κ1) is 16.0. The van der Waals surface area contributed by atoms with Crippen LogP contribution in [0.1, 0.15) is 20.3 Å². The normalized spacial score (nSPS) is 13.6. The van der Waals surface area contributed by atoms with Crippen molar-refractivity contribution < 1.29 is 19.4 Å². The van der Waals surface area contributed by atoms with E-state index in [-0.39, 0.29) is 0 Å². The molecule has 0 aromatic heterocycles. The Hall–Kier alpha value is -2.08. The average molecular weight is 280 g/mol. The molecule has 0 radical (unpaired) electrons. The van der Waals surface area contributed by atoms with Crippen LogP contribution < -0.4 is 10.6 Å². The van der Waals surface area contributed by atoms with Gasteiger partial charge in [-0.25, -0.2) is 0 Å². The second-order valence-electron chi connectivity index (χ2n) is 4.63. The van der Waals surface area contributed by atoms with E-state index in [0.29, 0.717) is 17.8 Å². The topological polar surface area (TPSA) is 92.9 Å². The third-order valence-corrected chi connectivity index (χ3v) is 3.34. The van der Waals surface area contributed by atoms with E-state index in [9.17, 15) is 9.59 Å². The Morgan fingerprint density at radius 1 is 1.40 bits per heavy atom. The van der Waals surface area contributed by atoms with Crippen LogP contribution in [0.15, 0.2) is 24.3 Å². The molecular weight excluding hydrogens is 260 g/mol. The van der Waals surface area contributed by atoms with Crippen LogP contribution in [0.5, 0.6) is 0 Å². The van der Waals surface area contributed by atoms with E-state index in [1.54, 1.807) is 38.1 Å². The summed E-state index contributed by atoms with van der Waals surface area (Å²) < 4.78 is 5.25. The summed E-state index contributed by atoms with van der Waals surface area (Å²) in [4.78, 5) is 24.8. The SMILES string of the molecule is CCC(C)(OC)C(=O)N(CC(=O)O)c1ccccc1N. The van der Waals surface area contributed by atoms with Gasteiger partial charge >= 0.3 is 5.97 Å². The van der Waals surface area contributed by atoms with E-state index in [1.165, 1.54) is 7.11 Å². The molecule has 0 aliphatic rings. The molecule has 0 aliphatic carbocycles. The van der Waals surface area contributed by atoms with Gasteiger partial charge in [-0.1, -0.05) is 19.1 Å². The predicted molar refractivity (Wildman–Crippen MR) is 76.5 cm³/mol. The maximum absolute atomic E-state index is 12.6. The van der Waals surface area contributed by atoms with Crippen molar-refractivity contribution in [3.05, 3.63) is 24.3 Å². The summed E-state index contributed by atoms with van der Waals surface area (Å²) in [6, 6.07) is 6.65. The van der Waals surface area contributed by atoms with Gasteiger partial charge in [-0.3, -0.25) is 14.5 Å².